The minimum Gasteiger partial charge on any atom is -0.378 e. The summed E-state index contributed by atoms with van der Waals surface area (Å²) >= 11 is 4.01. The third-order valence-corrected chi connectivity index (χ3v) is 9.57. The fourth-order valence-corrected chi connectivity index (χ4v) is 6.84. The number of nitrogens with zero attached hydrogens (tertiary/aromatic N) is 3. The predicted octanol–water partition coefficient (Wildman–Crippen LogP) is 7.60. The minimum absolute atomic E-state index is 0.0821. The van der Waals surface area contributed by atoms with Crippen LogP contribution in [-0.4, -0.2) is 46.9 Å². The summed E-state index contributed by atoms with van der Waals surface area (Å²) in [5.41, 5.74) is 3.58. The number of thioether (sulfide) groups is 2. The van der Waals surface area contributed by atoms with E-state index in [4.69, 9.17) is 0 Å². The number of benzene rings is 4. The zero-order valence-electron chi connectivity index (χ0n) is 26.5. The lowest BCUT2D eigenvalue weighted by atomic mass is 10.1. The summed E-state index contributed by atoms with van der Waals surface area (Å²) in [5.74, 6) is -0.301. The van der Waals surface area contributed by atoms with Gasteiger partial charge >= 0.3 is 0 Å². The van der Waals surface area contributed by atoms with Gasteiger partial charge in [-0.25, -0.2) is 0 Å². The zero-order chi connectivity index (χ0) is 33.9. The lowest BCUT2D eigenvalue weighted by Crippen LogP contribution is -2.30. The molecule has 1 aromatic heterocycles. The van der Waals surface area contributed by atoms with Gasteiger partial charge in [-0.3, -0.25) is 19.7 Å². The number of aromatic nitrogens is 2. The lowest BCUT2D eigenvalue weighted by molar-refractivity contribution is -0.116. The molecular weight excluding hydrogens is 661 g/mol. The van der Waals surface area contributed by atoms with E-state index in [1.165, 1.54) is 23.5 Å². The third kappa shape index (κ3) is 9.57. The number of nitrogens with one attached hydrogen (secondary N) is 3. The Kier molecular flexibility index (Phi) is 12.0. The molecule has 0 fully saturated rings. The number of hydrogen-bond donors (Lipinski definition) is 3. The molecular formula is C36H34N6O3S3. The Hall–Kier alpha value is -4.91. The molecule has 1 heterocycles. The van der Waals surface area contributed by atoms with Gasteiger partial charge in [0.1, 0.15) is 10.9 Å². The third-order valence-electron chi connectivity index (χ3n) is 6.85. The molecule has 0 aliphatic rings. The van der Waals surface area contributed by atoms with Gasteiger partial charge in [-0.05, 0) is 65.4 Å². The summed E-state index contributed by atoms with van der Waals surface area (Å²) in [5, 5.41) is 9.09. The van der Waals surface area contributed by atoms with Crippen molar-refractivity contribution < 1.29 is 14.4 Å². The topological polar surface area (TPSA) is 116 Å². The van der Waals surface area contributed by atoms with Crippen molar-refractivity contribution in [3.63, 3.8) is 0 Å². The van der Waals surface area contributed by atoms with Crippen LogP contribution < -0.4 is 20.9 Å². The molecule has 4 aromatic carbocycles. The largest absolute Gasteiger partial charge is 0.378 e. The van der Waals surface area contributed by atoms with E-state index in [1.54, 1.807) is 42.5 Å². The average molecular weight is 695 g/mol. The molecule has 0 aliphatic carbocycles. The summed E-state index contributed by atoms with van der Waals surface area (Å²) in [4.78, 5) is 47.5. The molecule has 48 heavy (non-hydrogen) atoms. The van der Waals surface area contributed by atoms with Crippen LogP contribution in [0.15, 0.2) is 125 Å². The van der Waals surface area contributed by atoms with Crippen LogP contribution in [0.25, 0.3) is 6.08 Å². The van der Waals surface area contributed by atoms with Crippen molar-refractivity contribution in [2.24, 2.45) is 0 Å². The molecule has 3 N–H and O–H groups in total. The first-order chi connectivity index (χ1) is 23.3. The monoisotopic (exact) mass is 694 g/mol. The van der Waals surface area contributed by atoms with Crippen molar-refractivity contribution in [2.75, 3.05) is 35.4 Å². The highest BCUT2D eigenvalue weighted by Crippen LogP contribution is 2.37. The highest BCUT2D eigenvalue weighted by atomic mass is 32.2. The predicted molar refractivity (Wildman–Crippen MR) is 198 cm³/mol. The van der Waals surface area contributed by atoms with Crippen LogP contribution >= 0.6 is 35.1 Å². The molecule has 5 aromatic rings. The van der Waals surface area contributed by atoms with Crippen LogP contribution in [0.2, 0.25) is 0 Å². The molecule has 0 saturated carbocycles. The quantitative estimate of drug-likeness (QED) is 0.0853. The van der Waals surface area contributed by atoms with E-state index in [0.717, 1.165) is 39.0 Å². The Bertz CT molecular complexity index is 1880. The maximum absolute atomic E-state index is 13.7. The minimum atomic E-state index is -0.603. The Balaban J connectivity index is 1.36. The van der Waals surface area contributed by atoms with E-state index in [2.05, 4.69) is 25.3 Å². The van der Waals surface area contributed by atoms with Crippen LogP contribution in [0.3, 0.4) is 0 Å². The molecule has 0 aliphatic heterocycles. The summed E-state index contributed by atoms with van der Waals surface area (Å²) in [6.45, 7) is 2.02. The average Bonchev–Trinajstić information content (AvgIpc) is 3.54. The van der Waals surface area contributed by atoms with E-state index < -0.39 is 17.1 Å². The number of anilines is 3. The van der Waals surface area contributed by atoms with Crippen molar-refractivity contribution in [3.8, 4) is 0 Å². The summed E-state index contributed by atoms with van der Waals surface area (Å²) in [6.07, 6.45) is 1.64. The normalized spacial score (nSPS) is 11.8. The van der Waals surface area contributed by atoms with Gasteiger partial charge in [0.25, 0.3) is 11.8 Å². The summed E-state index contributed by atoms with van der Waals surface area (Å²) < 4.78 is 4.30. The first-order valence-corrected chi connectivity index (χ1v) is 17.7. The van der Waals surface area contributed by atoms with Crippen LogP contribution in [0, 0.1) is 0 Å². The Morgan fingerprint density at radius 1 is 0.875 bits per heavy atom. The van der Waals surface area contributed by atoms with Crippen molar-refractivity contribution >= 4 is 75.4 Å². The van der Waals surface area contributed by atoms with E-state index >= 15 is 0 Å². The van der Waals surface area contributed by atoms with Gasteiger partial charge in [-0.15, -0.1) is 11.8 Å². The highest BCUT2D eigenvalue weighted by molar-refractivity contribution is 8.00. The second-order valence-corrected chi connectivity index (χ2v) is 13.7. The van der Waals surface area contributed by atoms with Crippen LogP contribution in [0.1, 0.15) is 33.7 Å². The van der Waals surface area contributed by atoms with Gasteiger partial charge in [0.05, 0.1) is 0 Å². The van der Waals surface area contributed by atoms with E-state index in [9.17, 15) is 14.4 Å². The maximum Gasteiger partial charge on any atom is 0.272 e. The maximum atomic E-state index is 13.7. The molecule has 0 saturated heterocycles. The summed E-state index contributed by atoms with van der Waals surface area (Å²) in [6, 6.07) is 33.1. The van der Waals surface area contributed by atoms with Crippen LogP contribution in [-0.2, 0) is 9.59 Å². The van der Waals surface area contributed by atoms with Gasteiger partial charge in [0.15, 0.2) is 0 Å². The van der Waals surface area contributed by atoms with Gasteiger partial charge in [0, 0.05) is 47.5 Å². The van der Waals surface area contributed by atoms with Crippen LogP contribution in [0.4, 0.5) is 16.5 Å². The molecule has 9 nitrogen and oxygen atoms in total. The standard InChI is InChI=1S/C36H34N6O3S3/c1-4-46-36-40-35(48-41-36)39-34(45)31(25-12-7-5-8-13-25)47-29-17-11-16-27(23-29)37-33(44)30(38-32(43)26-14-9-6-10-15-26)22-24-18-20-28(21-19-24)42(2)3/h5-23,31H,4H2,1-3H3,(H,37,44)(H,38,43)(H,39,40,41,45)/b30-22+. The second kappa shape index (κ2) is 16.8. The Labute approximate surface area is 292 Å². The molecule has 0 bridgehead atoms. The number of amides is 3. The molecule has 0 spiro atoms. The van der Waals surface area contributed by atoms with Crippen molar-refractivity contribution in [2.45, 2.75) is 22.2 Å². The molecule has 1 unspecified atom stereocenters. The van der Waals surface area contributed by atoms with Crippen molar-refractivity contribution in [3.05, 3.63) is 132 Å². The molecule has 244 valence electrons. The zero-order valence-corrected chi connectivity index (χ0v) is 29.0. The Morgan fingerprint density at radius 2 is 1.58 bits per heavy atom. The molecule has 3 amide bonds. The van der Waals surface area contributed by atoms with Crippen molar-refractivity contribution in [1.82, 2.24) is 14.7 Å². The van der Waals surface area contributed by atoms with Gasteiger partial charge in [0.2, 0.25) is 16.2 Å². The molecule has 5 rings (SSSR count). The first kappa shape index (κ1) is 34.4. The van der Waals surface area contributed by atoms with E-state index in [0.29, 0.717) is 21.5 Å². The van der Waals surface area contributed by atoms with Gasteiger partial charge in [-0.1, -0.05) is 85.4 Å². The lowest BCUT2D eigenvalue weighted by Gasteiger charge is -2.17. The molecule has 1 atom stereocenters. The number of carbonyl (C=O) groups is 3. The van der Waals surface area contributed by atoms with E-state index in [-0.39, 0.29) is 11.6 Å². The van der Waals surface area contributed by atoms with Gasteiger partial charge < -0.3 is 15.5 Å². The molecule has 0 radical (unpaired) electrons. The number of rotatable bonds is 13. The first-order valence-electron chi connectivity index (χ1n) is 15.0. The SMILES string of the molecule is CCSc1nsc(NC(=O)C(Sc2cccc(NC(=O)/C(=C\c3ccc(N(C)C)cc3)NC(=O)c3ccccc3)c2)c2ccccc2)n1. The summed E-state index contributed by atoms with van der Waals surface area (Å²) in [7, 11) is 3.90. The smallest absolute Gasteiger partial charge is 0.272 e. The van der Waals surface area contributed by atoms with Crippen LogP contribution in [0.5, 0.6) is 0 Å². The number of carbonyl (C=O) groups excluding carboxylic acids is 3. The van der Waals surface area contributed by atoms with Crippen molar-refractivity contribution in [1.29, 1.82) is 0 Å². The highest BCUT2D eigenvalue weighted by Gasteiger charge is 2.24. The van der Waals surface area contributed by atoms with E-state index in [1.807, 2.05) is 98.7 Å². The molecule has 12 heteroatoms. The van der Waals surface area contributed by atoms with Gasteiger partial charge in [-0.2, -0.15) is 9.36 Å². The second-order valence-electron chi connectivity index (χ2n) is 10.6. The number of hydrogen-bond acceptors (Lipinski definition) is 9. The Morgan fingerprint density at radius 3 is 2.27 bits per heavy atom. The fourth-order valence-electron chi connectivity index (χ4n) is 4.48. The fraction of sp³-hybridized carbons (Fsp3) is 0.139.